The van der Waals surface area contributed by atoms with E-state index in [2.05, 4.69) is 5.32 Å². The van der Waals surface area contributed by atoms with Crippen LogP contribution in [0.25, 0.3) is 0 Å². The molecule has 6 nitrogen and oxygen atoms in total. The van der Waals surface area contributed by atoms with Crippen molar-refractivity contribution in [3.63, 3.8) is 0 Å². The molecule has 1 rings (SSSR count). The van der Waals surface area contributed by atoms with E-state index in [1.165, 1.54) is 14.1 Å². The third-order valence-corrected chi connectivity index (χ3v) is 3.09. The number of carbonyl (C=O) groups excluding carboxylic acids is 2. The topological polar surface area (TPSA) is 61.9 Å². The Labute approximate surface area is 121 Å². The molecule has 1 fully saturated rings. The smallest absolute Gasteiger partial charge is 0.363 e. The van der Waals surface area contributed by atoms with Crippen LogP contribution in [0.3, 0.4) is 0 Å². The molecule has 0 radical (unpaired) electrons. The second-order valence-electron chi connectivity index (χ2n) is 5.50. The van der Waals surface area contributed by atoms with Gasteiger partial charge in [-0.1, -0.05) is 0 Å². The number of halogens is 3. The van der Waals surface area contributed by atoms with Gasteiger partial charge in [0, 0.05) is 27.2 Å². The molecule has 1 saturated heterocycles. The Morgan fingerprint density at radius 3 is 2.19 bits per heavy atom. The summed E-state index contributed by atoms with van der Waals surface area (Å²) >= 11 is 0. The quantitative estimate of drug-likeness (QED) is 0.741. The van der Waals surface area contributed by atoms with Crippen molar-refractivity contribution >= 4 is 11.8 Å². The summed E-state index contributed by atoms with van der Waals surface area (Å²) in [4.78, 5) is 25.0. The molecule has 0 aromatic carbocycles. The van der Waals surface area contributed by atoms with Crippen LogP contribution in [-0.2, 0) is 14.3 Å². The van der Waals surface area contributed by atoms with Gasteiger partial charge in [-0.3, -0.25) is 9.59 Å². The van der Waals surface area contributed by atoms with E-state index in [9.17, 15) is 22.8 Å². The van der Waals surface area contributed by atoms with Gasteiger partial charge < -0.3 is 19.9 Å². The van der Waals surface area contributed by atoms with Gasteiger partial charge in [0.1, 0.15) is 19.7 Å². The second-order valence-corrected chi connectivity index (χ2v) is 5.50. The molecule has 0 unspecified atom stereocenters. The number of hydrogen-bond acceptors (Lipinski definition) is 4. The fourth-order valence-electron chi connectivity index (χ4n) is 1.66. The van der Waals surface area contributed by atoms with Crippen molar-refractivity contribution < 1.29 is 27.5 Å². The van der Waals surface area contributed by atoms with Gasteiger partial charge in [-0.2, -0.15) is 13.2 Å². The van der Waals surface area contributed by atoms with Gasteiger partial charge in [0.2, 0.25) is 11.8 Å². The van der Waals surface area contributed by atoms with E-state index in [-0.39, 0.29) is 0 Å². The lowest BCUT2D eigenvalue weighted by Gasteiger charge is -2.39. The van der Waals surface area contributed by atoms with Gasteiger partial charge in [0.25, 0.3) is 0 Å². The number of hydrogen-bond donors (Lipinski definition) is 1. The molecule has 1 N–H and O–H groups in total. The van der Waals surface area contributed by atoms with Crippen LogP contribution in [0.15, 0.2) is 0 Å². The Bertz CT molecular complexity index is 395. The lowest BCUT2D eigenvalue weighted by atomic mass is 10.0. The summed E-state index contributed by atoms with van der Waals surface area (Å²) in [5.41, 5.74) is -0.537. The SMILES string of the molecule is CN(C)C(=O)CN(CC(F)(F)F)C(=O)COC1(C)CNC1. The fraction of sp³-hybridized carbons (Fsp3) is 0.833. The molecule has 0 aromatic rings. The molecule has 0 atom stereocenters. The third-order valence-electron chi connectivity index (χ3n) is 3.09. The van der Waals surface area contributed by atoms with Gasteiger partial charge in [0.15, 0.2) is 0 Å². The Morgan fingerprint density at radius 1 is 1.24 bits per heavy atom. The highest BCUT2D eigenvalue weighted by Crippen LogP contribution is 2.18. The van der Waals surface area contributed by atoms with Gasteiger partial charge in [0.05, 0.1) is 5.60 Å². The van der Waals surface area contributed by atoms with E-state index < -0.39 is 43.3 Å². The standard InChI is InChI=1S/C12H20F3N3O3/c1-11(6-16-7-11)21-5-10(20)18(8-12(13,14)15)4-9(19)17(2)3/h16H,4-8H2,1-3H3. The predicted octanol–water partition coefficient (Wildman–Crippen LogP) is -0.156. The fourth-order valence-corrected chi connectivity index (χ4v) is 1.66. The van der Waals surface area contributed by atoms with Crippen molar-refractivity contribution in [3.05, 3.63) is 0 Å². The predicted molar refractivity (Wildman–Crippen MR) is 68.6 cm³/mol. The average Bonchev–Trinajstić information content (AvgIpc) is 2.30. The Kier molecular flexibility index (Phi) is 5.57. The minimum atomic E-state index is -4.57. The molecule has 0 aromatic heterocycles. The summed E-state index contributed by atoms with van der Waals surface area (Å²) in [5.74, 6) is -1.43. The van der Waals surface area contributed by atoms with Crippen LogP contribution in [0.2, 0.25) is 0 Å². The lowest BCUT2D eigenvalue weighted by Crippen LogP contribution is -2.60. The van der Waals surface area contributed by atoms with Crippen molar-refractivity contribution in [2.75, 3.05) is 46.9 Å². The van der Waals surface area contributed by atoms with E-state index >= 15 is 0 Å². The van der Waals surface area contributed by atoms with E-state index in [0.717, 1.165) is 4.90 Å². The Hall–Kier alpha value is -1.35. The molecule has 0 spiro atoms. The summed E-state index contributed by atoms with van der Waals surface area (Å²) in [6.07, 6.45) is -4.57. The number of carbonyl (C=O) groups is 2. The van der Waals surface area contributed by atoms with Crippen LogP contribution < -0.4 is 5.32 Å². The zero-order chi connectivity index (χ0) is 16.3. The number of ether oxygens (including phenoxy) is 1. The maximum atomic E-state index is 12.5. The molecule has 9 heteroatoms. The first kappa shape index (κ1) is 17.7. The second kappa shape index (κ2) is 6.61. The van der Waals surface area contributed by atoms with Crippen LogP contribution in [0.4, 0.5) is 13.2 Å². The third kappa shape index (κ3) is 5.88. The number of amides is 2. The molecular formula is C12H20F3N3O3. The van der Waals surface area contributed by atoms with Gasteiger partial charge >= 0.3 is 6.18 Å². The zero-order valence-electron chi connectivity index (χ0n) is 12.3. The van der Waals surface area contributed by atoms with Crippen LogP contribution in [0.1, 0.15) is 6.92 Å². The summed E-state index contributed by atoms with van der Waals surface area (Å²) in [6.45, 7) is 0.268. The van der Waals surface area contributed by atoms with Crippen molar-refractivity contribution in [1.82, 2.24) is 15.1 Å². The minimum Gasteiger partial charge on any atom is -0.363 e. The average molecular weight is 311 g/mol. The van der Waals surface area contributed by atoms with E-state index in [1.54, 1.807) is 6.92 Å². The maximum absolute atomic E-state index is 12.5. The highest BCUT2D eigenvalue weighted by Gasteiger charge is 2.37. The van der Waals surface area contributed by atoms with E-state index in [4.69, 9.17) is 4.74 Å². The monoisotopic (exact) mass is 311 g/mol. The van der Waals surface area contributed by atoms with Crippen LogP contribution in [0, 0.1) is 0 Å². The lowest BCUT2D eigenvalue weighted by molar-refractivity contribution is -0.170. The first-order valence-corrected chi connectivity index (χ1v) is 6.42. The molecule has 1 aliphatic rings. The summed E-state index contributed by atoms with van der Waals surface area (Å²) in [5, 5.41) is 2.95. The van der Waals surface area contributed by atoms with Crippen molar-refractivity contribution in [2.45, 2.75) is 18.7 Å². The summed E-state index contributed by atoms with van der Waals surface area (Å²) < 4.78 is 42.8. The first-order valence-electron chi connectivity index (χ1n) is 6.42. The number of alkyl halides is 3. The van der Waals surface area contributed by atoms with Crippen molar-refractivity contribution in [3.8, 4) is 0 Å². The van der Waals surface area contributed by atoms with Gasteiger partial charge in [-0.05, 0) is 6.92 Å². The van der Waals surface area contributed by atoms with Crippen LogP contribution in [-0.4, -0.2) is 80.3 Å². The van der Waals surface area contributed by atoms with Crippen molar-refractivity contribution in [2.24, 2.45) is 0 Å². The van der Waals surface area contributed by atoms with Crippen LogP contribution >= 0.6 is 0 Å². The van der Waals surface area contributed by atoms with Gasteiger partial charge in [-0.15, -0.1) is 0 Å². The molecular weight excluding hydrogens is 291 g/mol. The summed E-state index contributed by atoms with van der Waals surface area (Å²) in [7, 11) is 2.83. The Morgan fingerprint density at radius 2 is 1.81 bits per heavy atom. The number of nitrogens with one attached hydrogen (secondary N) is 1. The molecule has 0 saturated carbocycles. The number of rotatable bonds is 6. The van der Waals surface area contributed by atoms with E-state index in [1.807, 2.05) is 0 Å². The molecule has 21 heavy (non-hydrogen) atoms. The van der Waals surface area contributed by atoms with Gasteiger partial charge in [-0.25, -0.2) is 0 Å². The minimum absolute atomic E-state index is 0.470. The summed E-state index contributed by atoms with van der Waals surface area (Å²) in [6, 6.07) is 0. The number of likely N-dealkylation sites (N-methyl/N-ethyl adjacent to an activating group) is 1. The van der Waals surface area contributed by atoms with Crippen LogP contribution in [0.5, 0.6) is 0 Å². The normalized spacial score (nSPS) is 17.0. The first-order chi connectivity index (χ1) is 9.52. The molecule has 0 aliphatic carbocycles. The molecule has 122 valence electrons. The van der Waals surface area contributed by atoms with Crippen molar-refractivity contribution in [1.29, 1.82) is 0 Å². The molecule has 1 heterocycles. The maximum Gasteiger partial charge on any atom is 0.406 e. The Balaban J connectivity index is 2.61. The molecule has 1 aliphatic heterocycles. The van der Waals surface area contributed by atoms with E-state index in [0.29, 0.717) is 18.0 Å². The molecule has 2 amide bonds. The highest BCUT2D eigenvalue weighted by molar-refractivity contribution is 5.85. The zero-order valence-corrected chi connectivity index (χ0v) is 12.3. The number of nitrogens with zero attached hydrogens (tertiary/aromatic N) is 2. The largest absolute Gasteiger partial charge is 0.406 e. The molecule has 0 bridgehead atoms. The highest BCUT2D eigenvalue weighted by atomic mass is 19.4.